The molecule has 4 atom stereocenters. The Bertz CT molecular complexity index is 2090. The number of amides is 4. The smallest absolute Gasteiger partial charge is 0.548 e. The molecule has 1 aliphatic heterocycles. The van der Waals surface area contributed by atoms with E-state index in [0.29, 0.717) is 0 Å². The van der Waals surface area contributed by atoms with Gasteiger partial charge in [0.1, 0.15) is 54.6 Å². The molecule has 661 valence electrons. The number of nitrogens with zero attached hydrogens (tertiary/aromatic N) is 4. The number of rotatable bonds is 68. The van der Waals surface area contributed by atoms with Crippen molar-refractivity contribution >= 4 is 47.3 Å². The molecular weight excluding hydrogens is 1660 g/mol. The Morgan fingerprint density at radius 1 is 0.274 bits per heavy atom. The zero-order valence-electron chi connectivity index (χ0n) is 64.4. The fourth-order valence-corrected chi connectivity index (χ4v) is 11.3. The summed E-state index contributed by atoms with van der Waals surface area (Å²) in [7, 11) is 0. The van der Waals surface area contributed by atoms with Crippen molar-refractivity contribution in [3.05, 3.63) is 0 Å². The van der Waals surface area contributed by atoms with E-state index in [1.807, 2.05) is 0 Å². The number of ether oxygens (including phenoxy) is 8. The van der Waals surface area contributed by atoms with E-state index in [9.17, 15) is 135 Å². The molecular formula is C69H127GdN8O35. The Kier molecular flexibility index (Phi) is 64.7. The number of carbonyl (C=O) groups is 8. The summed E-state index contributed by atoms with van der Waals surface area (Å²) in [6.07, 6.45) is -12.0. The molecule has 20 N–H and O–H groups in total. The van der Waals surface area contributed by atoms with Crippen LogP contribution in [0.5, 0.6) is 0 Å². The average Bonchev–Trinajstić information content (AvgIpc) is 0.839. The third-order valence-corrected chi connectivity index (χ3v) is 18.5. The molecule has 44 heteroatoms. The van der Waals surface area contributed by atoms with Crippen LogP contribution in [0.4, 0.5) is 0 Å². The van der Waals surface area contributed by atoms with Gasteiger partial charge in [0.25, 0.3) is 0 Å². The summed E-state index contributed by atoms with van der Waals surface area (Å²) in [5.74, 6) is -11.6. The summed E-state index contributed by atoms with van der Waals surface area (Å²) in [4.78, 5) is 116. The summed E-state index contributed by atoms with van der Waals surface area (Å²) in [5, 5.41) is 205. The fraction of sp³-hybridized carbons (Fsp3) is 0.884. The van der Waals surface area contributed by atoms with Crippen molar-refractivity contribution < 1.29 is 213 Å². The second-order valence-corrected chi connectivity index (χ2v) is 27.2. The average molecular weight is 1790 g/mol. The minimum absolute atomic E-state index is 0. The SMILES string of the molecule is CC(=O)C(CCC(=O)NCC(COC(CO)CO)COC(CO)CO)N1CCN(C(CCC(=O)NCC(COC(CO)CO)COC(CO)CO)C(=O)[O-])CCN(C(CCC(=O)NCC(COC(CO)CO)COC(CO)CO)C(=O)[O-])CCN(C(CCC(=O)NCC(COC(CO)CO)COC(CO)CO)C(=O)[O-])CC1.[Gd+3]. The van der Waals surface area contributed by atoms with Gasteiger partial charge in [0, 0.05) is 146 Å². The van der Waals surface area contributed by atoms with Crippen LogP contribution in [-0.4, -0.2) is 459 Å². The van der Waals surface area contributed by atoms with Crippen LogP contribution in [0.3, 0.4) is 0 Å². The zero-order valence-corrected chi connectivity index (χ0v) is 66.7. The number of carboxylic acids is 3. The van der Waals surface area contributed by atoms with E-state index in [1.165, 1.54) is 21.6 Å². The van der Waals surface area contributed by atoms with Gasteiger partial charge in [0.2, 0.25) is 23.6 Å². The van der Waals surface area contributed by atoms with Crippen molar-refractivity contribution in [1.82, 2.24) is 40.9 Å². The molecule has 0 aromatic rings. The second kappa shape index (κ2) is 67.0. The Morgan fingerprint density at radius 2 is 0.416 bits per heavy atom. The number of aliphatic hydroxyl groups excluding tert-OH is 16. The van der Waals surface area contributed by atoms with Gasteiger partial charge >= 0.3 is 39.9 Å². The number of carbonyl (C=O) groups excluding carboxylic acids is 8. The quantitative estimate of drug-likeness (QED) is 0.0269. The molecule has 43 nitrogen and oxygen atoms in total. The van der Waals surface area contributed by atoms with Crippen molar-refractivity contribution in [2.75, 3.05) is 237 Å². The van der Waals surface area contributed by atoms with Crippen LogP contribution < -0.4 is 36.6 Å². The Morgan fingerprint density at radius 3 is 0.549 bits per heavy atom. The van der Waals surface area contributed by atoms with Gasteiger partial charge in [-0.3, -0.25) is 43.6 Å². The molecule has 1 radical (unpaired) electrons. The number of carboxylic acid groups (broad SMARTS) is 3. The van der Waals surface area contributed by atoms with Crippen LogP contribution in [0.1, 0.15) is 58.3 Å². The van der Waals surface area contributed by atoms with Gasteiger partial charge in [0.05, 0.1) is 183 Å². The number of aliphatic carboxylic acids is 3. The van der Waals surface area contributed by atoms with E-state index >= 15 is 0 Å². The molecule has 0 aromatic heterocycles. The van der Waals surface area contributed by atoms with E-state index in [2.05, 4.69) is 21.3 Å². The first-order valence-electron chi connectivity index (χ1n) is 37.6. The van der Waals surface area contributed by atoms with Crippen LogP contribution in [-0.2, 0) is 76.3 Å². The topological polar surface area (TPSA) is 664 Å². The molecule has 1 fully saturated rings. The zero-order chi connectivity index (χ0) is 83.8. The van der Waals surface area contributed by atoms with Gasteiger partial charge in [0.15, 0.2) is 0 Å². The van der Waals surface area contributed by atoms with Crippen LogP contribution >= 0.6 is 0 Å². The van der Waals surface area contributed by atoms with Gasteiger partial charge < -0.3 is 171 Å². The number of hydrogen-bond acceptors (Lipinski definition) is 39. The first kappa shape index (κ1) is 109. The normalized spacial score (nSPS) is 15.3. The van der Waals surface area contributed by atoms with Crippen LogP contribution in [0.2, 0.25) is 0 Å². The van der Waals surface area contributed by atoms with E-state index in [-0.39, 0.29) is 158 Å². The summed E-state index contributed by atoms with van der Waals surface area (Å²) < 4.78 is 44.5. The molecule has 1 heterocycles. The van der Waals surface area contributed by atoms with Crippen LogP contribution in [0, 0.1) is 63.6 Å². The molecule has 0 aromatic carbocycles. The van der Waals surface area contributed by atoms with Crippen molar-refractivity contribution in [2.45, 2.75) is 131 Å². The molecule has 0 spiro atoms. The Balaban J connectivity index is 0.000125. The molecule has 1 rings (SSSR count). The molecule has 4 amide bonds. The Hall–Kier alpha value is -3.84. The molecule has 4 unspecified atom stereocenters. The molecule has 1 saturated heterocycles. The van der Waals surface area contributed by atoms with E-state index < -0.39 is 314 Å². The minimum atomic E-state index is -1.76. The number of ketones is 1. The van der Waals surface area contributed by atoms with Crippen LogP contribution in [0.25, 0.3) is 0 Å². The van der Waals surface area contributed by atoms with E-state index in [1.54, 1.807) is 4.90 Å². The summed E-state index contributed by atoms with van der Waals surface area (Å²) in [6, 6.07) is -6.39. The fourth-order valence-electron chi connectivity index (χ4n) is 11.3. The largest absolute Gasteiger partial charge is 3.00 e. The number of hydrogen-bond donors (Lipinski definition) is 20. The minimum Gasteiger partial charge on any atom is -0.548 e. The van der Waals surface area contributed by atoms with Gasteiger partial charge in [-0.2, -0.15) is 0 Å². The van der Waals surface area contributed by atoms with E-state index in [0.717, 1.165) is 0 Å². The summed E-state index contributed by atoms with van der Waals surface area (Å²) in [5.41, 5.74) is 0. The monoisotopic (exact) mass is 1790 g/mol. The summed E-state index contributed by atoms with van der Waals surface area (Å²) >= 11 is 0. The molecule has 1 aliphatic rings. The third kappa shape index (κ3) is 47.5. The van der Waals surface area contributed by atoms with Gasteiger partial charge in [-0.05, 0) is 32.6 Å². The number of nitrogens with one attached hydrogen (secondary N) is 4. The number of aliphatic hydroxyl groups is 16. The Labute approximate surface area is 689 Å². The summed E-state index contributed by atoms with van der Waals surface area (Å²) in [6.45, 7) is -13.7. The standard InChI is InChI=1S/C69H130N8O35.Gd/c1-46(94)59(2-6-63(95)70-18-47(38-105-51(22-78)23-79)39-106-52(24-80)25-81)74-10-12-75(60(67(99)100)3-7-64(96)71-19-48(40-107-53(26-82)27-83)41-108-54(28-84)29-85)14-16-77(62(69(103)104)5-9-66(98)73-21-50(44-111-57(34-90)35-91)45-112-58(36-92)37-93)17-15-76(13-11-74)61(68(101)102)4-8-65(97)72-20-49(42-109-55(30-86)31-87)43-110-56(32-88)33-89;/h47-62,78-93H,2-45H2,1H3,(H,70,95)(H,71,96)(H,72,97)(H,73,98)(H,99,100)(H,101,102)(H,103,104);/q;+3/p-3. The molecule has 0 aliphatic carbocycles. The van der Waals surface area contributed by atoms with E-state index in [4.69, 9.17) is 37.9 Å². The maximum absolute atomic E-state index is 14.1. The van der Waals surface area contributed by atoms with Gasteiger partial charge in [-0.25, -0.2) is 0 Å². The van der Waals surface area contributed by atoms with Crippen molar-refractivity contribution in [3.8, 4) is 0 Å². The predicted molar refractivity (Wildman–Crippen MR) is 381 cm³/mol. The first-order valence-corrected chi connectivity index (χ1v) is 37.6. The van der Waals surface area contributed by atoms with Crippen molar-refractivity contribution in [1.29, 1.82) is 0 Å². The molecule has 0 bridgehead atoms. The van der Waals surface area contributed by atoms with Crippen molar-refractivity contribution in [2.24, 2.45) is 23.7 Å². The van der Waals surface area contributed by atoms with Gasteiger partial charge in [-0.15, -0.1) is 0 Å². The number of Topliss-reactive ketones (excluding diaryl/α,β-unsaturated/α-hetero) is 1. The first-order chi connectivity index (χ1) is 53.8. The van der Waals surface area contributed by atoms with Crippen LogP contribution in [0.15, 0.2) is 0 Å². The maximum atomic E-state index is 14.1. The predicted octanol–water partition coefficient (Wildman–Crippen LogP) is -15.5. The molecule has 0 saturated carbocycles. The van der Waals surface area contributed by atoms with Gasteiger partial charge in [-0.1, -0.05) is 0 Å². The maximum Gasteiger partial charge on any atom is 3.00 e. The van der Waals surface area contributed by atoms with Crippen molar-refractivity contribution in [3.63, 3.8) is 0 Å². The molecule has 113 heavy (non-hydrogen) atoms. The second-order valence-electron chi connectivity index (χ2n) is 27.2. The third-order valence-electron chi connectivity index (χ3n) is 18.5.